The lowest BCUT2D eigenvalue weighted by Crippen LogP contribution is -2.54. The molecule has 0 spiro atoms. The zero-order chi connectivity index (χ0) is 35.6. The summed E-state index contributed by atoms with van der Waals surface area (Å²) in [4.78, 5) is 44.7. The zero-order valence-electron chi connectivity index (χ0n) is 28.5. The van der Waals surface area contributed by atoms with Crippen molar-refractivity contribution in [1.29, 1.82) is 0 Å². The Morgan fingerprint density at radius 3 is 2.62 bits per heavy atom. The topological polar surface area (TPSA) is 136 Å². The lowest BCUT2D eigenvalue weighted by Gasteiger charge is -2.40. The minimum Gasteiger partial charge on any atom is -0.444 e. The van der Waals surface area contributed by atoms with Gasteiger partial charge in [0.05, 0.1) is 6.33 Å². The number of pyridine rings is 1. The Balaban J connectivity index is 1.16. The number of ether oxygens (including phenoxy) is 2. The number of carbonyl (C=O) groups is 2. The lowest BCUT2D eigenvalue weighted by molar-refractivity contribution is -0.192. The summed E-state index contributed by atoms with van der Waals surface area (Å²) in [6, 6.07) is 6.97. The third-order valence-corrected chi connectivity index (χ3v) is 8.85. The van der Waals surface area contributed by atoms with Gasteiger partial charge in [0.25, 0.3) is 0 Å². The van der Waals surface area contributed by atoms with Gasteiger partial charge in [0.2, 0.25) is 5.91 Å². The Morgan fingerprint density at radius 1 is 1.06 bits per heavy atom. The molecule has 0 aliphatic carbocycles. The fourth-order valence-corrected chi connectivity index (χ4v) is 6.41. The molecule has 3 aromatic heterocycles. The largest absolute Gasteiger partial charge is 0.444 e. The van der Waals surface area contributed by atoms with Gasteiger partial charge in [-0.25, -0.2) is 24.7 Å². The van der Waals surface area contributed by atoms with E-state index in [-0.39, 0.29) is 32.0 Å². The summed E-state index contributed by atoms with van der Waals surface area (Å²) in [5.41, 5.74) is 3.63. The van der Waals surface area contributed by atoms with Crippen LogP contribution in [0.3, 0.4) is 0 Å². The molecule has 3 unspecified atom stereocenters. The van der Waals surface area contributed by atoms with Gasteiger partial charge in [0, 0.05) is 42.7 Å². The molecule has 2 N–H and O–H groups in total. The number of aromatic nitrogens is 5. The second kappa shape index (κ2) is 14.2. The Kier molecular flexibility index (Phi) is 9.96. The standard InChI is InChI=1S/C35H41F3N8O4/c1-21-10-11-23(43-27(47)17-22-12-14-45(26(16-22)35(36,37)38)33(48)50-34(2,3)4)18-25(21)44-31-24(8-7-13-39-31)29-30-32(41-19-40-29)46(20-42-30)28-9-5-6-15-49-28/h7-8,10-11,13,18-20,22,26,28H,5-6,9,12,14-17H2,1-4H3,(H,39,44)(H,43,47). The number of hydrogen-bond donors (Lipinski definition) is 2. The summed E-state index contributed by atoms with van der Waals surface area (Å²) in [7, 11) is 0. The monoisotopic (exact) mass is 694 g/mol. The van der Waals surface area contributed by atoms with Crippen LogP contribution in [0.2, 0.25) is 0 Å². The molecule has 0 radical (unpaired) electrons. The van der Waals surface area contributed by atoms with Gasteiger partial charge < -0.3 is 20.1 Å². The molecule has 6 rings (SSSR count). The summed E-state index contributed by atoms with van der Waals surface area (Å²) < 4.78 is 55.2. The van der Waals surface area contributed by atoms with Crippen LogP contribution >= 0.6 is 0 Å². The van der Waals surface area contributed by atoms with E-state index in [0.717, 1.165) is 29.7 Å². The Bertz CT molecular complexity index is 1850. The fraction of sp³-hybridized carbons (Fsp3) is 0.486. The molecular weight excluding hydrogens is 653 g/mol. The van der Waals surface area contributed by atoms with Crippen LogP contribution in [0.1, 0.15) is 71.1 Å². The molecule has 2 aliphatic rings. The number of benzene rings is 1. The number of alkyl halides is 3. The first-order valence-corrected chi connectivity index (χ1v) is 16.7. The van der Waals surface area contributed by atoms with Crippen LogP contribution in [0.15, 0.2) is 49.2 Å². The lowest BCUT2D eigenvalue weighted by atomic mass is 9.88. The van der Waals surface area contributed by atoms with Gasteiger partial charge in [-0.1, -0.05) is 6.07 Å². The number of nitrogens with zero attached hydrogens (tertiary/aromatic N) is 6. The van der Waals surface area contributed by atoms with Crippen molar-refractivity contribution >= 4 is 40.4 Å². The van der Waals surface area contributed by atoms with E-state index in [4.69, 9.17) is 9.47 Å². The number of carbonyl (C=O) groups excluding carboxylic acids is 2. The van der Waals surface area contributed by atoms with Gasteiger partial charge >= 0.3 is 12.3 Å². The summed E-state index contributed by atoms with van der Waals surface area (Å²) in [5.74, 6) is -0.481. The molecule has 266 valence electrons. The molecule has 12 nitrogen and oxygen atoms in total. The number of amides is 2. The highest BCUT2D eigenvalue weighted by Crippen LogP contribution is 2.37. The van der Waals surface area contributed by atoms with Crippen molar-refractivity contribution < 1.29 is 32.2 Å². The molecule has 4 aromatic rings. The van der Waals surface area contributed by atoms with Crippen molar-refractivity contribution in [2.45, 2.75) is 90.3 Å². The van der Waals surface area contributed by atoms with Crippen molar-refractivity contribution in [1.82, 2.24) is 29.4 Å². The maximum atomic E-state index is 14.0. The number of nitrogens with one attached hydrogen (secondary N) is 2. The van der Waals surface area contributed by atoms with Crippen LogP contribution in [0.4, 0.5) is 35.2 Å². The van der Waals surface area contributed by atoms with Crippen molar-refractivity contribution in [2.75, 3.05) is 23.8 Å². The Hall–Kier alpha value is -4.79. The first-order chi connectivity index (χ1) is 23.8. The maximum Gasteiger partial charge on any atom is 0.410 e. The van der Waals surface area contributed by atoms with Gasteiger partial charge in [0.15, 0.2) is 5.65 Å². The number of fused-ring (bicyclic) bond motifs is 1. The highest BCUT2D eigenvalue weighted by Gasteiger charge is 2.49. The second-order valence-corrected chi connectivity index (χ2v) is 13.8. The van der Waals surface area contributed by atoms with Crippen LogP contribution in [-0.2, 0) is 14.3 Å². The number of hydrogen-bond acceptors (Lipinski definition) is 9. The molecule has 3 atom stereocenters. The summed E-state index contributed by atoms with van der Waals surface area (Å²) >= 11 is 0. The van der Waals surface area contributed by atoms with Crippen LogP contribution in [0, 0.1) is 12.8 Å². The molecule has 15 heteroatoms. The van der Waals surface area contributed by atoms with E-state index in [2.05, 4.69) is 30.6 Å². The van der Waals surface area contributed by atoms with Gasteiger partial charge in [-0.2, -0.15) is 13.2 Å². The van der Waals surface area contributed by atoms with Crippen LogP contribution in [-0.4, -0.2) is 72.4 Å². The molecule has 50 heavy (non-hydrogen) atoms. The van der Waals surface area contributed by atoms with Gasteiger partial charge in [-0.3, -0.25) is 14.3 Å². The van der Waals surface area contributed by atoms with E-state index < -0.39 is 35.7 Å². The van der Waals surface area contributed by atoms with E-state index in [9.17, 15) is 22.8 Å². The number of rotatable bonds is 7. The average Bonchev–Trinajstić information content (AvgIpc) is 3.50. The van der Waals surface area contributed by atoms with E-state index >= 15 is 0 Å². The predicted molar refractivity (Wildman–Crippen MR) is 181 cm³/mol. The number of anilines is 3. The average molecular weight is 695 g/mol. The smallest absolute Gasteiger partial charge is 0.410 e. The van der Waals surface area contributed by atoms with Gasteiger partial charge in [-0.15, -0.1) is 0 Å². The third kappa shape index (κ3) is 7.98. The molecule has 5 heterocycles. The normalized spacial score (nSPS) is 20.1. The van der Waals surface area contributed by atoms with Crippen LogP contribution < -0.4 is 10.6 Å². The van der Waals surface area contributed by atoms with Crippen LogP contribution in [0.5, 0.6) is 0 Å². The number of aryl methyl sites for hydroxylation is 1. The van der Waals surface area contributed by atoms with Gasteiger partial charge in [-0.05, 0) is 95.5 Å². The Labute approximate surface area is 287 Å². The number of imidazole rings is 1. The minimum absolute atomic E-state index is 0.127. The van der Waals surface area contributed by atoms with Crippen molar-refractivity contribution in [3.05, 3.63) is 54.7 Å². The maximum absolute atomic E-state index is 14.0. The first-order valence-electron chi connectivity index (χ1n) is 16.7. The molecule has 1 aromatic carbocycles. The number of halogens is 3. The van der Waals surface area contributed by atoms with Crippen molar-refractivity contribution in [2.24, 2.45) is 5.92 Å². The molecule has 0 bridgehead atoms. The molecule has 2 saturated heterocycles. The van der Waals surface area contributed by atoms with Crippen molar-refractivity contribution in [3.8, 4) is 11.3 Å². The highest BCUT2D eigenvalue weighted by molar-refractivity contribution is 5.93. The quantitative estimate of drug-likeness (QED) is 0.201. The number of likely N-dealkylation sites (tertiary alicyclic amines) is 1. The second-order valence-electron chi connectivity index (χ2n) is 13.8. The molecular formula is C35H41F3N8O4. The van der Waals surface area contributed by atoms with E-state index in [0.29, 0.717) is 46.2 Å². The predicted octanol–water partition coefficient (Wildman–Crippen LogP) is 7.55. The molecule has 0 saturated carbocycles. The van der Waals surface area contributed by atoms with Gasteiger partial charge in [0.1, 0.15) is 41.2 Å². The summed E-state index contributed by atoms with van der Waals surface area (Å²) in [6.07, 6.45) is 1.76. The van der Waals surface area contributed by atoms with E-state index in [1.54, 1.807) is 51.5 Å². The van der Waals surface area contributed by atoms with E-state index in [1.165, 1.54) is 6.33 Å². The molecule has 2 amide bonds. The minimum atomic E-state index is -4.66. The number of piperidine rings is 1. The zero-order valence-corrected chi connectivity index (χ0v) is 28.5. The highest BCUT2D eigenvalue weighted by atomic mass is 19.4. The molecule has 2 aliphatic heterocycles. The Morgan fingerprint density at radius 2 is 1.88 bits per heavy atom. The van der Waals surface area contributed by atoms with Crippen LogP contribution in [0.25, 0.3) is 22.4 Å². The summed E-state index contributed by atoms with van der Waals surface area (Å²) in [5, 5.41) is 6.20. The fourth-order valence-electron chi connectivity index (χ4n) is 6.41. The summed E-state index contributed by atoms with van der Waals surface area (Å²) in [6.45, 7) is 7.24. The third-order valence-electron chi connectivity index (χ3n) is 8.85. The van der Waals surface area contributed by atoms with Crippen molar-refractivity contribution in [3.63, 3.8) is 0 Å². The first kappa shape index (κ1) is 35.1. The molecule has 2 fully saturated rings. The SMILES string of the molecule is Cc1ccc(NC(=O)CC2CCN(C(=O)OC(C)(C)C)C(C(F)(F)F)C2)cc1Nc1ncccc1-c1ncnc2c1ncn2C1CCCCO1. The van der Waals surface area contributed by atoms with E-state index in [1.807, 2.05) is 23.6 Å².